The molecule has 1 saturated heterocycles. The number of nitrogens with zero attached hydrogens (tertiary/aromatic N) is 4. The summed E-state index contributed by atoms with van der Waals surface area (Å²) in [6.07, 6.45) is 6.42. The second-order valence-corrected chi connectivity index (χ2v) is 6.73. The summed E-state index contributed by atoms with van der Waals surface area (Å²) in [4.78, 5) is 15.2. The summed E-state index contributed by atoms with van der Waals surface area (Å²) in [5.41, 5.74) is 0.508. The number of hydrogen-bond acceptors (Lipinski definition) is 4. The van der Waals surface area contributed by atoms with Crippen LogP contribution in [0.2, 0.25) is 0 Å². The first kappa shape index (κ1) is 17.7. The lowest BCUT2D eigenvalue weighted by molar-refractivity contribution is -0.0169. The van der Waals surface area contributed by atoms with Gasteiger partial charge in [0.2, 0.25) is 0 Å². The van der Waals surface area contributed by atoms with Crippen molar-refractivity contribution in [2.75, 3.05) is 32.8 Å². The third kappa shape index (κ3) is 3.62. The predicted octanol–water partition coefficient (Wildman–Crippen LogP) is 1.44. The lowest BCUT2D eigenvalue weighted by Crippen LogP contribution is -2.56. The maximum atomic E-state index is 12.8. The molecule has 3 rings (SSSR count). The minimum atomic E-state index is -0.0928. The van der Waals surface area contributed by atoms with Crippen LogP contribution in [-0.2, 0) is 11.8 Å². The normalized spacial score (nSPS) is 18.0. The molecule has 2 aromatic rings. The maximum Gasteiger partial charge on any atom is 0.256 e. The van der Waals surface area contributed by atoms with Crippen LogP contribution in [0.5, 0.6) is 0 Å². The Bertz CT molecular complexity index is 703. The van der Waals surface area contributed by atoms with E-state index in [9.17, 15) is 4.79 Å². The number of ether oxygens (including phenoxy) is 1. The third-order valence-corrected chi connectivity index (χ3v) is 5.17. The summed E-state index contributed by atoms with van der Waals surface area (Å²) in [5, 5.41) is 7.37. The topological polar surface area (TPSA) is 64.3 Å². The SMILES string of the molecule is CCC(C)(CNC(=O)c1cnn(C)c1-n1cccc1)N1CCOCC1. The van der Waals surface area contributed by atoms with Crippen molar-refractivity contribution in [1.29, 1.82) is 0 Å². The lowest BCUT2D eigenvalue weighted by atomic mass is 9.95. The minimum Gasteiger partial charge on any atom is -0.379 e. The van der Waals surface area contributed by atoms with Crippen LogP contribution >= 0.6 is 0 Å². The second-order valence-electron chi connectivity index (χ2n) is 6.73. The van der Waals surface area contributed by atoms with Crippen molar-refractivity contribution in [3.05, 3.63) is 36.3 Å². The molecule has 1 aliphatic rings. The van der Waals surface area contributed by atoms with Crippen molar-refractivity contribution in [3.63, 3.8) is 0 Å². The average Bonchev–Trinajstić information content (AvgIpc) is 3.29. The molecule has 0 saturated carbocycles. The van der Waals surface area contributed by atoms with Gasteiger partial charge in [-0.1, -0.05) is 6.92 Å². The monoisotopic (exact) mass is 345 g/mol. The van der Waals surface area contributed by atoms with Crippen LogP contribution < -0.4 is 5.32 Å². The first-order valence-electron chi connectivity index (χ1n) is 8.81. The molecule has 0 bridgehead atoms. The first-order valence-corrected chi connectivity index (χ1v) is 8.81. The van der Waals surface area contributed by atoms with E-state index in [-0.39, 0.29) is 11.4 Å². The molecule has 25 heavy (non-hydrogen) atoms. The number of aryl methyl sites for hydroxylation is 1. The fraction of sp³-hybridized carbons (Fsp3) is 0.556. The van der Waals surface area contributed by atoms with E-state index in [2.05, 4.69) is 29.2 Å². The van der Waals surface area contributed by atoms with E-state index in [1.807, 2.05) is 36.1 Å². The van der Waals surface area contributed by atoms with Crippen LogP contribution in [0.1, 0.15) is 30.6 Å². The van der Waals surface area contributed by atoms with E-state index < -0.39 is 0 Å². The Hall–Kier alpha value is -2.12. The van der Waals surface area contributed by atoms with Gasteiger partial charge in [-0.15, -0.1) is 0 Å². The van der Waals surface area contributed by atoms with Crippen LogP contribution in [0.3, 0.4) is 0 Å². The van der Waals surface area contributed by atoms with Gasteiger partial charge in [-0.25, -0.2) is 0 Å². The molecule has 7 heteroatoms. The molecular weight excluding hydrogens is 318 g/mol. The van der Waals surface area contributed by atoms with E-state index in [1.54, 1.807) is 10.9 Å². The molecule has 1 aliphatic heterocycles. The average molecular weight is 345 g/mol. The van der Waals surface area contributed by atoms with E-state index >= 15 is 0 Å². The smallest absolute Gasteiger partial charge is 0.256 e. The molecule has 7 nitrogen and oxygen atoms in total. The molecule has 1 fully saturated rings. The standard InChI is InChI=1S/C18H27N5O2/c1-4-18(2,23-9-11-25-12-10-23)14-19-16(24)15-13-20-21(3)17(15)22-7-5-6-8-22/h5-8,13H,4,9-12,14H2,1-3H3,(H,19,24). The Balaban J connectivity index is 1.72. The van der Waals surface area contributed by atoms with Crippen molar-refractivity contribution in [2.24, 2.45) is 7.05 Å². The molecule has 0 aromatic carbocycles. The maximum absolute atomic E-state index is 12.8. The van der Waals surface area contributed by atoms with Gasteiger partial charge in [0.25, 0.3) is 5.91 Å². The largest absolute Gasteiger partial charge is 0.379 e. The van der Waals surface area contributed by atoms with Crippen molar-refractivity contribution in [2.45, 2.75) is 25.8 Å². The Morgan fingerprint density at radius 1 is 1.32 bits per heavy atom. The van der Waals surface area contributed by atoms with Gasteiger partial charge >= 0.3 is 0 Å². The summed E-state index contributed by atoms with van der Waals surface area (Å²) in [6.45, 7) is 8.28. The van der Waals surface area contributed by atoms with E-state index in [0.717, 1.165) is 38.5 Å². The number of morpholine rings is 1. The number of amides is 1. The molecule has 0 radical (unpaired) electrons. The van der Waals surface area contributed by atoms with Crippen LogP contribution in [0.15, 0.2) is 30.7 Å². The molecule has 1 unspecified atom stereocenters. The van der Waals surface area contributed by atoms with Gasteiger partial charge in [-0.3, -0.25) is 14.4 Å². The lowest BCUT2D eigenvalue weighted by Gasteiger charge is -2.43. The van der Waals surface area contributed by atoms with Gasteiger partial charge in [0.15, 0.2) is 0 Å². The Morgan fingerprint density at radius 3 is 2.64 bits per heavy atom. The summed E-state index contributed by atoms with van der Waals surface area (Å²) < 4.78 is 9.08. The molecule has 136 valence electrons. The van der Waals surface area contributed by atoms with E-state index in [0.29, 0.717) is 12.1 Å². The van der Waals surface area contributed by atoms with Gasteiger partial charge in [0.1, 0.15) is 11.4 Å². The van der Waals surface area contributed by atoms with Gasteiger partial charge in [0.05, 0.1) is 19.4 Å². The summed E-state index contributed by atoms with van der Waals surface area (Å²) in [5.74, 6) is 0.678. The number of hydrogen-bond donors (Lipinski definition) is 1. The van der Waals surface area contributed by atoms with Crippen molar-refractivity contribution in [1.82, 2.24) is 24.6 Å². The highest BCUT2D eigenvalue weighted by atomic mass is 16.5. The number of aromatic nitrogens is 3. The summed E-state index contributed by atoms with van der Waals surface area (Å²) >= 11 is 0. The highest BCUT2D eigenvalue weighted by Gasteiger charge is 2.32. The Labute approximate surface area is 148 Å². The zero-order chi connectivity index (χ0) is 17.9. The van der Waals surface area contributed by atoms with E-state index in [4.69, 9.17) is 4.74 Å². The number of nitrogens with one attached hydrogen (secondary N) is 1. The molecule has 0 aliphatic carbocycles. The Kier molecular flexibility index (Phi) is 5.24. The molecule has 2 aromatic heterocycles. The summed E-state index contributed by atoms with van der Waals surface area (Å²) in [6, 6.07) is 3.86. The zero-order valence-corrected chi connectivity index (χ0v) is 15.2. The van der Waals surface area contributed by atoms with Crippen LogP contribution in [0.25, 0.3) is 5.82 Å². The van der Waals surface area contributed by atoms with Gasteiger partial charge in [0, 0.05) is 44.6 Å². The third-order valence-electron chi connectivity index (χ3n) is 5.17. The number of carbonyl (C=O) groups is 1. The van der Waals surface area contributed by atoms with Gasteiger partial charge < -0.3 is 14.6 Å². The first-order chi connectivity index (χ1) is 12.0. The minimum absolute atomic E-state index is 0.0741. The highest BCUT2D eigenvalue weighted by molar-refractivity contribution is 5.97. The fourth-order valence-corrected chi connectivity index (χ4v) is 3.30. The second kappa shape index (κ2) is 7.41. The quantitative estimate of drug-likeness (QED) is 0.860. The van der Waals surface area contributed by atoms with Gasteiger partial charge in [-0.05, 0) is 25.5 Å². The molecule has 3 heterocycles. The van der Waals surface area contributed by atoms with Gasteiger partial charge in [-0.2, -0.15) is 5.10 Å². The van der Waals surface area contributed by atoms with Crippen LogP contribution in [-0.4, -0.2) is 63.5 Å². The van der Waals surface area contributed by atoms with Crippen LogP contribution in [0, 0.1) is 0 Å². The van der Waals surface area contributed by atoms with E-state index in [1.165, 1.54) is 0 Å². The van der Waals surface area contributed by atoms with Crippen molar-refractivity contribution < 1.29 is 9.53 Å². The fourth-order valence-electron chi connectivity index (χ4n) is 3.30. The Morgan fingerprint density at radius 2 is 2.00 bits per heavy atom. The highest BCUT2D eigenvalue weighted by Crippen LogP contribution is 2.21. The number of rotatable bonds is 6. The molecule has 0 spiro atoms. The molecule has 1 atom stereocenters. The zero-order valence-electron chi connectivity index (χ0n) is 15.2. The van der Waals surface area contributed by atoms with Crippen molar-refractivity contribution in [3.8, 4) is 5.82 Å². The number of carbonyl (C=O) groups excluding carboxylic acids is 1. The predicted molar refractivity (Wildman–Crippen MR) is 96.0 cm³/mol. The van der Waals surface area contributed by atoms with Crippen LogP contribution in [0.4, 0.5) is 0 Å². The molecule has 1 amide bonds. The molecule has 1 N–H and O–H groups in total. The molecular formula is C18H27N5O2. The van der Waals surface area contributed by atoms with Crippen molar-refractivity contribution >= 4 is 5.91 Å². The summed E-state index contributed by atoms with van der Waals surface area (Å²) in [7, 11) is 1.84.